The van der Waals surface area contributed by atoms with Crippen LogP contribution < -0.4 is 0 Å². The van der Waals surface area contributed by atoms with Crippen LogP contribution in [-0.2, 0) is 33.8 Å². The highest BCUT2D eigenvalue weighted by molar-refractivity contribution is 7.88. The zero-order valence-corrected chi connectivity index (χ0v) is 20.5. The molecule has 0 amide bonds. The predicted octanol–water partition coefficient (Wildman–Crippen LogP) is 3.89. The van der Waals surface area contributed by atoms with E-state index in [1.165, 1.54) is 12.1 Å². The Hall–Kier alpha value is -2.17. The lowest BCUT2D eigenvalue weighted by molar-refractivity contribution is -0.172. The molecule has 1 saturated heterocycles. The van der Waals surface area contributed by atoms with Gasteiger partial charge in [-0.1, -0.05) is 47.5 Å². The Kier molecular flexibility index (Phi) is 7.70. The number of ether oxygens (including phenoxy) is 3. The van der Waals surface area contributed by atoms with Crippen LogP contribution in [0.3, 0.4) is 0 Å². The Labute approximate surface area is 202 Å². The number of carbonyl (C=O) groups is 2. The zero-order chi connectivity index (χ0) is 24.4. The Morgan fingerprint density at radius 1 is 0.970 bits per heavy atom. The van der Waals surface area contributed by atoms with Gasteiger partial charge >= 0.3 is 11.9 Å². The molecule has 3 rings (SSSR count). The molecule has 0 spiro atoms. The minimum Gasteiger partial charge on any atom is -0.464 e. The van der Waals surface area contributed by atoms with Crippen LogP contribution in [0.5, 0.6) is 0 Å². The van der Waals surface area contributed by atoms with Crippen molar-refractivity contribution in [1.82, 2.24) is 4.31 Å². The van der Waals surface area contributed by atoms with Crippen LogP contribution in [0.4, 0.5) is 0 Å². The second-order valence-electron chi connectivity index (χ2n) is 7.24. The summed E-state index contributed by atoms with van der Waals surface area (Å²) in [5.41, 5.74) is -1.89. The van der Waals surface area contributed by atoms with Crippen LogP contribution in [0.1, 0.15) is 37.3 Å². The van der Waals surface area contributed by atoms with Gasteiger partial charge < -0.3 is 14.2 Å². The maximum atomic E-state index is 13.5. The lowest BCUT2D eigenvalue weighted by Crippen LogP contribution is -2.62. The van der Waals surface area contributed by atoms with E-state index < -0.39 is 39.8 Å². The van der Waals surface area contributed by atoms with Crippen molar-refractivity contribution in [2.24, 2.45) is 0 Å². The first kappa shape index (κ1) is 25.5. The van der Waals surface area contributed by atoms with E-state index in [1.54, 1.807) is 50.2 Å². The molecule has 0 aromatic heterocycles. The van der Waals surface area contributed by atoms with Crippen molar-refractivity contribution in [3.63, 3.8) is 0 Å². The average molecular weight is 516 g/mol. The van der Waals surface area contributed by atoms with Gasteiger partial charge in [0.25, 0.3) is 5.54 Å². The summed E-state index contributed by atoms with van der Waals surface area (Å²) in [6.45, 7) is 2.86. The summed E-state index contributed by atoms with van der Waals surface area (Å²) in [5, 5.41) is 0.614. The van der Waals surface area contributed by atoms with Crippen molar-refractivity contribution in [1.29, 1.82) is 0 Å². The molecule has 0 radical (unpaired) electrons. The van der Waals surface area contributed by atoms with Crippen LogP contribution in [0.15, 0.2) is 48.5 Å². The molecule has 1 aliphatic heterocycles. The molecule has 0 aliphatic carbocycles. The Bertz CT molecular complexity index is 1140. The summed E-state index contributed by atoms with van der Waals surface area (Å²) in [6, 6.07) is 12.5. The summed E-state index contributed by atoms with van der Waals surface area (Å²) >= 11 is 12.3. The van der Waals surface area contributed by atoms with Gasteiger partial charge in [0.05, 0.1) is 19.5 Å². The van der Waals surface area contributed by atoms with Crippen LogP contribution in [0.2, 0.25) is 10.0 Å². The molecule has 2 aromatic rings. The third-order valence-electron chi connectivity index (χ3n) is 5.02. The first-order chi connectivity index (χ1) is 15.6. The van der Waals surface area contributed by atoms with Crippen molar-refractivity contribution in [2.75, 3.05) is 19.5 Å². The second kappa shape index (κ2) is 9.99. The van der Waals surface area contributed by atoms with Crippen molar-refractivity contribution < 1.29 is 32.2 Å². The smallest absolute Gasteiger partial charge is 0.342 e. The summed E-state index contributed by atoms with van der Waals surface area (Å²) < 4.78 is 43.6. The quantitative estimate of drug-likeness (QED) is 0.407. The normalized spacial score (nSPS) is 20.4. The molecule has 11 heteroatoms. The first-order valence-corrected chi connectivity index (χ1v) is 12.7. The predicted molar refractivity (Wildman–Crippen MR) is 122 cm³/mol. The third-order valence-corrected chi connectivity index (χ3v) is 6.69. The molecule has 1 aliphatic rings. The van der Waals surface area contributed by atoms with Crippen LogP contribution in [0, 0.1) is 0 Å². The van der Waals surface area contributed by atoms with E-state index in [0.29, 0.717) is 25.5 Å². The van der Waals surface area contributed by atoms with Crippen LogP contribution in [0.25, 0.3) is 0 Å². The van der Waals surface area contributed by atoms with E-state index >= 15 is 0 Å². The molecular formula is C22H23Cl2NO7S. The van der Waals surface area contributed by atoms with Crippen LogP contribution in [-0.4, -0.2) is 49.7 Å². The number of hydrogen-bond acceptors (Lipinski definition) is 7. The minimum absolute atomic E-state index is 0.109. The van der Waals surface area contributed by atoms with Gasteiger partial charge in [-0.3, -0.25) is 0 Å². The zero-order valence-electron chi connectivity index (χ0n) is 18.2. The highest BCUT2D eigenvalue weighted by Gasteiger charge is 2.70. The van der Waals surface area contributed by atoms with Crippen molar-refractivity contribution in [3.8, 4) is 0 Å². The van der Waals surface area contributed by atoms with Gasteiger partial charge in [0, 0.05) is 10.0 Å². The molecule has 1 heterocycles. The lowest BCUT2D eigenvalue weighted by atomic mass is 9.88. The second-order valence-corrected chi connectivity index (χ2v) is 9.98. The van der Waals surface area contributed by atoms with E-state index in [4.69, 9.17) is 37.4 Å². The molecule has 178 valence electrons. The first-order valence-electron chi connectivity index (χ1n) is 10.1. The molecule has 0 bridgehead atoms. The fourth-order valence-corrected chi connectivity index (χ4v) is 5.53. The van der Waals surface area contributed by atoms with Gasteiger partial charge in [-0.05, 0) is 49.2 Å². The van der Waals surface area contributed by atoms with Gasteiger partial charge in [0.1, 0.15) is 6.10 Å². The summed E-state index contributed by atoms with van der Waals surface area (Å²) in [7, 11) is -4.27. The average Bonchev–Trinajstić information content (AvgIpc) is 3.12. The molecule has 0 N–H and O–H groups in total. The van der Waals surface area contributed by atoms with E-state index in [9.17, 15) is 18.0 Å². The van der Waals surface area contributed by atoms with Gasteiger partial charge in [-0.15, -0.1) is 4.31 Å². The van der Waals surface area contributed by atoms with Crippen molar-refractivity contribution >= 4 is 45.2 Å². The molecule has 2 atom stereocenters. The van der Waals surface area contributed by atoms with Gasteiger partial charge in [-0.25, -0.2) is 18.0 Å². The van der Waals surface area contributed by atoms with E-state index in [1.807, 2.05) is 0 Å². The number of hydrogen-bond donors (Lipinski definition) is 0. The fourth-order valence-electron chi connectivity index (χ4n) is 3.84. The van der Waals surface area contributed by atoms with Gasteiger partial charge in [0.15, 0.2) is 6.23 Å². The molecule has 33 heavy (non-hydrogen) atoms. The Balaban J connectivity index is 2.38. The number of benzene rings is 2. The summed E-state index contributed by atoms with van der Waals surface area (Å²) in [4.78, 5) is 27.0. The number of esters is 2. The number of nitrogens with zero attached hydrogens (tertiary/aromatic N) is 1. The third kappa shape index (κ3) is 4.74. The SMILES string of the molecule is CCOC(=O)C1(C(=O)OCC)[C@H](c2cccc(Cl)c2)O[C@H](c2cccc(Cl)c2)N1S(C)(=O)=O. The Morgan fingerprint density at radius 3 is 1.91 bits per heavy atom. The van der Waals surface area contributed by atoms with Crippen LogP contribution >= 0.6 is 23.2 Å². The Morgan fingerprint density at radius 2 is 1.45 bits per heavy atom. The lowest BCUT2D eigenvalue weighted by Gasteiger charge is -2.35. The minimum atomic E-state index is -4.27. The molecule has 1 fully saturated rings. The summed E-state index contributed by atoms with van der Waals surface area (Å²) in [5.74, 6) is -2.24. The van der Waals surface area contributed by atoms with Gasteiger partial charge in [-0.2, -0.15) is 0 Å². The summed E-state index contributed by atoms with van der Waals surface area (Å²) in [6.07, 6.45) is -1.92. The number of carbonyl (C=O) groups excluding carboxylic acids is 2. The van der Waals surface area contributed by atoms with Gasteiger partial charge in [0.2, 0.25) is 10.0 Å². The maximum Gasteiger partial charge on any atom is 0.342 e. The molecular weight excluding hydrogens is 493 g/mol. The number of rotatable bonds is 7. The number of sulfonamides is 1. The monoisotopic (exact) mass is 515 g/mol. The largest absolute Gasteiger partial charge is 0.464 e. The van der Waals surface area contributed by atoms with Crippen molar-refractivity contribution in [2.45, 2.75) is 31.7 Å². The molecule has 0 saturated carbocycles. The van der Waals surface area contributed by atoms with Crippen molar-refractivity contribution in [3.05, 3.63) is 69.7 Å². The van der Waals surface area contributed by atoms with E-state index in [0.717, 1.165) is 6.26 Å². The fraction of sp³-hybridized carbons (Fsp3) is 0.364. The standard InChI is InChI=1S/C22H23Cl2NO7S/c1-4-30-20(26)22(21(27)31-5-2)18(14-8-6-10-16(23)12-14)32-19(25(22)33(3,28)29)15-9-7-11-17(24)13-15/h6-13,18-19H,4-5H2,1-3H3/t18-,19+/m0/s1. The van der Waals surface area contributed by atoms with E-state index in [-0.39, 0.29) is 13.2 Å². The molecule has 2 aromatic carbocycles. The molecule has 8 nitrogen and oxygen atoms in total. The molecule has 0 unspecified atom stereocenters. The highest BCUT2D eigenvalue weighted by atomic mass is 35.5. The number of halogens is 2. The maximum absolute atomic E-state index is 13.5. The van der Waals surface area contributed by atoms with E-state index in [2.05, 4.69) is 0 Å². The highest BCUT2D eigenvalue weighted by Crippen LogP contribution is 2.52. The topological polar surface area (TPSA) is 99.2 Å².